The summed E-state index contributed by atoms with van der Waals surface area (Å²) in [5, 5.41) is 6.43. The maximum atomic E-state index is 13.7. The summed E-state index contributed by atoms with van der Waals surface area (Å²) in [4.78, 5) is 4.21. The van der Waals surface area contributed by atoms with Crippen molar-refractivity contribution in [3.8, 4) is 11.5 Å². The van der Waals surface area contributed by atoms with Gasteiger partial charge in [0, 0.05) is 26.3 Å². The molecular weight excluding hydrogens is 361 g/mol. The number of aliphatic imine (C=N–C) groups is 1. The van der Waals surface area contributed by atoms with Crippen molar-refractivity contribution in [1.82, 2.24) is 10.6 Å². The third-order valence-corrected chi connectivity index (χ3v) is 4.05. The van der Waals surface area contributed by atoms with E-state index in [0.717, 1.165) is 5.56 Å². The Hall–Kier alpha value is -2.80. The van der Waals surface area contributed by atoms with Crippen LogP contribution < -0.4 is 20.1 Å². The van der Waals surface area contributed by atoms with Gasteiger partial charge in [0.2, 0.25) is 0 Å². The van der Waals surface area contributed by atoms with E-state index in [0.29, 0.717) is 36.1 Å². The number of benzene rings is 2. The first kappa shape index (κ1) is 21.5. The molecule has 0 fully saturated rings. The summed E-state index contributed by atoms with van der Waals surface area (Å²) in [5.74, 6) is 1.75. The Bertz CT molecular complexity index is 783. The first-order chi connectivity index (χ1) is 13.6. The number of guanidine groups is 1. The average molecular weight is 389 g/mol. The van der Waals surface area contributed by atoms with E-state index in [1.54, 1.807) is 33.4 Å². The van der Waals surface area contributed by atoms with E-state index in [4.69, 9.17) is 14.2 Å². The van der Waals surface area contributed by atoms with Gasteiger partial charge in [-0.15, -0.1) is 0 Å². The van der Waals surface area contributed by atoms with Crippen LogP contribution >= 0.6 is 0 Å². The maximum Gasteiger partial charge on any atom is 0.191 e. The van der Waals surface area contributed by atoms with E-state index < -0.39 is 0 Å². The molecule has 0 radical (unpaired) electrons. The van der Waals surface area contributed by atoms with Crippen LogP contribution in [0.1, 0.15) is 18.1 Å². The van der Waals surface area contributed by atoms with Crippen molar-refractivity contribution in [3.63, 3.8) is 0 Å². The van der Waals surface area contributed by atoms with Crippen LogP contribution in [0.5, 0.6) is 11.5 Å². The molecule has 0 saturated carbocycles. The topological polar surface area (TPSA) is 64.1 Å². The molecule has 6 nitrogen and oxygen atoms in total. The number of hydrogen-bond acceptors (Lipinski definition) is 4. The second kappa shape index (κ2) is 11.1. The summed E-state index contributed by atoms with van der Waals surface area (Å²) >= 11 is 0. The molecule has 2 rings (SSSR count). The zero-order valence-electron chi connectivity index (χ0n) is 16.8. The molecular formula is C21H28FN3O3. The van der Waals surface area contributed by atoms with E-state index in [1.807, 2.05) is 31.2 Å². The number of methoxy groups -OCH3 is 2. The smallest absolute Gasteiger partial charge is 0.191 e. The minimum Gasteiger partial charge on any atom is -0.493 e. The van der Waals surface area contributed by atoms with Gasteiger partial charge in [0.05, 0.1) is 20.3 Å². The van der Waals surface area contributed by atoms with Gasteiger partial charge in [-0.3, -0.25) is 4.99 Å². The van der Waals surface area contributed by atoms with Gasteiger partial charge in [0.1, 0.15) is 11.9 Å². The van der Waals surface area contributed by atoms with Gasteiger partial charge in [-0.2, -0.15) is 0 Å². The quantitative estimate of drug-likeness (QED) is 0.510. The molecule has 1 atom stereocenters. The zero-order valence-corrected chi connectivity index (χ0v) is 16.8. The molecule has 0 bridgehead atoms. The lowest BCUT2D eigenvalue weighted by atomic mass is 10.1. The van der Waals surface area contributed by atoms with Crippen LogP contribution in [-0.2, 0) is 17.9 Å². The summed E-state index contributed by atoms with van der Waals surface area (Å²) in [6.07, 6.45) is -0.103. The fraction of sp³-hybridized carbons (Fsp3) is 0.381. The predicted molar refractivity (Wildman–Crippen MR) is 108 cm³/mol. The SMILES string of the molecule is CN=C(NCc1ccc(F)c(COC)c1)NCC(C)Oc1ccccc1OC. The van der Waals surface area contributed by atoms with Gasteiger partial charge in [0.25, 0.3) is 0 Å². The Kier molecular flexibility index (Phi) is 8.55. The number of rotatable bonds is 9. The summed E-state index contributed by atoms with van der Waals surface area (Å²) in [7, 11) is 4.86. The highest BCUT2D eigenvalue weighted by Gasteiger charge is 2.10. The molecule has 2 aromatic rings. The number of nitrogens with zero attached hydrogens (tertiary/aromatic N) is 1. The molecule has 0 aromatic heterocycles. The van der Waals surface area contributed by atoms with Crippen molar-refractivity contribution in [2.24, 2.45) is 4.99 Å². The second-order valence-corrected chi connectivity index (χ2v) is 6.24. The van der Waals surface area contributed by atoms with Gasteiger partial charge in [-0.25, -0.2) is 4.39 Å². The summed E-state index contributed by atoms with van der Waals surface area (Å²) in [6.45, 7) is 3.27. The molecule has 0 aliphatic heterocycles. The predicted octanol–water partition coefficient (Wildman–Crippen LogP) is 3.11. The minimum absolute atomic E-state index is 0.103. The fourth-order valence-corrected chi connectivity index (χ4v) is 2.63. The molecule has 0 amide bonds. The molecule has 0 spiro atoms. The number of ether oxygens (including phenoxy) is 3. The largest absolute Gasteiger partial charge is 0.493 e. The van der Waals surface area contributed by atoms with Crippen LogP contribution in [0.2, 0.25) is 0 Å². The van der Waals surface area contributed by atoms with E-state index in [1.165, 1.54) is 6.07 Å². The average Bonchev–Trinajstić information content (AvgIpc) is 2.71. The number of para-hydroxylation sites is 2. The van der Waals surface area contributed by atoms with Crippen molar-refractivity contribution in [2.75, 3.05) is 27.8 Å². The first-order valence-corrected chi connectivity index (χ1v) is 9.07. The molecule has 0 aliphatic rings. The molecule has 0 aliphatic carbocycles. The van der Waals surface area contributed by atoms with Gasteiger partial charge < -0.3 is 24.8 Å². The lowest BCUT2D eigenvalue weighted by molar-refractivity contribution is 0.181. The van der Waals surface area contributed by atoms with Crippen LogP contribution in [0, 0.1) is 5.82 Å². The van der Waals surface area contributed by atoms with Gasteiger partial charge in [0.15, 0.2) is 17.5 Å². The lowest BCUT2D eigenvalue weighted by Gasteiger charge is -2.19. The highest BCUT2D eigenvalue weighted by molar-refractivity contribution is 5.79. The lowest BCUT2D eigenvalue weighted by Crippen LogP contribution is -2.41. The minimum atomic E-state index is -0.268. The molecule has 7 heteroatoms. The summed E-state index contributed by atoms with van der Waals surface area (Å²) < 4.78 is 29.9. The fourth-order valence-electron chi connectivity index (χ4n) is 2.63. The molecule has 1 unspecified atom stereocenters. The zero-order chi connectivity index (χ0) is 20.4. The first-order valence-electron chi connectivity index (χ1n) is 9.07. The Morgan fingerprint density at radius 3 is 2.54 bits per heavy atom. The van der Waals surface area contributed by atoms with E-state index in [2.05, 4.69) is 15.6 Å². The van der Waals surface area contributed by atoms with Gasteiger partial charge >= 0.3 is 0 Å². The Morgan fingerprint density at radius 1 is 1.11 bits per heavy atom. The number of hydrogen-bond donors (Lipinski definition) is 2. The summed E-state index contributed by atoms with van der Waals surface area (Å²) in [6, 6.07) is 12.5. The van der Waals surface area contributed by atoms with E-state index >= 15 is 0 Å². The molecule has 0 heterocycles. The van der Waals surface area contributed by atoms with Crippen molar-refractivity contribution < 1.29 is 18.6 Å². The normalized spacial score (nSPS) is 12.4. The molecule has 0 saturated heterocycles. The van der Waals surface area contributed by atoms with Crippen molar-refractivity contribution in [1.29, 1.82) is 0 Å². The van der Waals surface area contributed by atoms with Crippen LogP contribution in [0.25, 0.3) is 0 Å². The standard InChI is InChI=1S/C21H28FN3O3/c1-15(28-20-8-6-5-7-19(20)27-4)12-24-21(23-2)25-13-16-9-10-18(22)17(11-16)14-26-3/h5-11,15H,12-14H2,1-4H3,(H2,23,24,25). The van der Waals surface area contributed by atoms with Gasteiger partial charge in [-0.05, 0) is 36.8 Å². The summed E-state index contributed by atoms with van der Waals surface area (Å²) in [5.41, 5.74) is 1.47. The Balaban J connectivity index is 1.85. The van der Waals surface area contributed by atoms with Crippen LogP contribution in [0.15, 0.2) is 47.5 Å². The van der Waals surface area contributed by atoms with Crippen LogP contribution in [0.4, 0.5) is 4.39 Å². The van der Waals surface area contributed by atoms with Gasteiger partial charge in [-0.1, -0.05) is 18.2 Å². The highest BCUT2D eigenvalue weighted by Crippen LogP contribution is 2.26. The van der Waals surface area contributed by atoms with Crippen LogP contribution in [0.3, 0.4) is 0 Å². The van der Waals surface area contributed by atoms with Crippen molar-refractivity contribution in [3.05, 3.63) is 59.4 Å². The Labute approximate surface area is 165 Å². The maximum absolute atomic E-state index is 13.7. The van der Waals surface area contributed by atoms with E-state index in [9.17, 15) is 4.39 Å². The highest BCUT2D eigenvalue weighted by atomic mass is 19.1. The van der Waals surface area contributed by atoms with E-state index in [-0.39, 0.29) is 18.5 Å². The molecule has 2 aromatic carbocycles. The molecule has 2 N–H and O–H groups in total. The monoisotopic (exact) mass is 389 g/mol. The number of nitrogens with one attached hydrogen (secondary N) is 2. The van der Waals surface area contributed by atoms with Crippen LogP contribution in [-0.4, -0.2) is 39.9 Å². The van der Waals surface area contributed by atoms with Crippen molar-refractivity contribution >= 4 is 5.96 Å². The molecule has 28 heavy (non-hydrogen) atoms. The third kappa shape index (κ3) is 6.42. The second-order valence-electron chi connectivity index (χ2n) is 6.24. The third-order valence-electron chi connectivity index (χ3n) is 4.05. The molecule has 152 valence electrons. The van der Waals surface area contributed by atoms with Crippen molar-refractivity contribution in [2.45, 2.75) is 26.2 Å². The Morgan fingerprint density at radius 2 is 1.86 bits per heavy atom. The number of halogens is 1.